The Balaban J connectivity index is 1.26. The van der Waals surface area contributed by atoms with Gasteiger partial charge in [-0.1, -0.05) is 36.4 Å². The molecule has 1 N–H and O–H groups in total. The molecule has 1 aliphatic rings. The Morgan fingerprint density at radius 1 is 1.03 bits per heavy atom. The number of ether oxygens (including phenoxy) is 1. The van der Waals surface area contributed by atoms with Gasteiger partial charge in [-0.05, 0) is 72.9 Å². The Kier molecular flexibility index (Phi) is 5.94. The molecule has 0 amide bonds. The standard InChI is InChI=1S/C27H25NO2S2/c1-17-13-23(11-12-25(17)30-15-24(29)20-8-9-20)31-16-26-18(2)28-27(32-26)22-10-7-19-5-3-4-6-21(19)14-22/h3-7,10-14,29H,8-9,15-16H2,1-2H3. The zero-order chi connectivity index (χ0) is 22.1. The summed E-state index contributed by atoms with van der Waals surface area (Å²) in [4.78, 5) is 7.36. The number of rotatable bonds is 7. The van der Waals surface area contributed by atoms with Gasteiger partial charge in [0.05, 0.1) is 5.69 Å². The molecule has 32 heavy (non-hydrogen) atoms. The summed E-state index contributed by atoms with van der Waals surface area (Å²) in [7, 11) is 0. The topological polar surface area (TPSA) is 42.4 Å². The summed E-state index contributed by atoms with van der Waals surface area (Å²) in [6, 6.07) is 21.2. The summed E-state index contributed by atoms with van der Waals surface area (Å²) >= 11 is 3.60. The molecule has 0 radical (unpaired) electrons. The first-order valence-electron chi connectivity index (χ1n) is 10.8. The number of aliphatic hydroxyl groups excluding tert-OH is 1. The van der Waals surface area contributed by atoms with Crippen LogP contribution in [0, 0.1) is 13.8 Å². The second-order valence-electron chi connectivity index (χ2n) is 8.14. The summed E-state index contributed by atoms with van der Waals surface area (Å²) in [6.07, 6.45) is 2.01. The summed E-state index contributed by atoms with van der Waals surface area (Å²) < 4.78 is 5.79. The van der Waals surface area contributed by atoms with Gasteiger partial charge in [0.2, 0.25) is 0 Å². The third-order valence-corrected chi connectivity index (χ3v) is 8.09. The molecule has 3 aromatic carbocycles. The van der Waals surface area contributed by atoms with Gasteiger partial charge >= 0.3 is 0 Å². The fraction of sp³-hybridized carbons (Fsp3) is 0.222. The maximum atomic E-state index is 9.91. The highest BCUT2D eigenvalue weighted by Crippen LogP contribution is 2.35. The molecule has 1 aliphatic carbocycles. The van der Waals surface area contributed by atoms with Crippen LogP contribution in [-0.4, -0.2) is 16.7 Å². The predicted octanol–water partition coefficient (Wildman–Crippen LogP) is 7.86. The van der Waals surface area contributed by atoms with Crippen LogP contribution in [0.5, 0.6) is 5.75 Å². The van der Waals surface area contributed by atoms with E-state index in [1.807, 2.05) is 17.8 Å². The molecule has 0 saturated heterocycles. The minimum Gasteiger partial charge on any atom is -0.509 e. The van der Waals surface area contributed by atoms with Crippen molar-refractivity contribution in [3.05, 3.63) is 88.1 Å². The van der Waals surface area contributed by atoms with Crippen LogP contribution >= 0.6 is 23.1 Å². The molecule has 1 fully saturated rings. The van der Waals surface area contributed by atoms with Crippen LogP contribution in [-0.2, 0) is 5.75 Å². The van der Waals surface area contributed by atoms with Crippen molar-refractivity contribution in [2.24, 2.45) is 0 Å². The maximum Gasteiger partial charge on any atom is 0.145 e. The molecular formula is C27H25NO2S2. The number of hydrogen-bond donors (Lipinski definition) is 1. The number of allylic oxidation sites excluding steroid dienone is 1. The third-order valence-electron chi connectivity index (χ3n) is 5.68. The van der Waals surface area contributed by atoms with Crippen LogP contribution < -0.4 is 4.74 Å². The van der Waals surface area contributed by atoms with E-state index in [1.165, 1.54) is 26.1 Å². The summed E-state index contributed by atoms with van der Waals surface area (Å²) in [5, 5.41) is 13.5. The molecule has 0 aliphatic heterocycles. The number of aliphatic hydroxyl groups is 1. The molecular weight excluding hydrogens is 434 g/mol. The lowest BCUT2D eigenvalue weighted by Gasteiger charge is -2.10. The molecule has 4 aromatic rings. The number of fused-ring (bicyclic) bond motifs is 1. The largest absolute Gasteiger partial charge is 0.509 e. The van der Waals surface area contributed by atoms with Gasteiger partial charge in [-0.3, -0.25) is 0 Å². The van der Waals surface area contributed by atoms with E-state index in [1.54, 1.807) is 11.3 Å². The fourth-order valence-electron chi connectivity index (χ4n) is 3.63. The Hall–Kier alpha value is -2.76. The quantitative estimate of drug-likeness (QED) is 0.226. The number of aromatic nitrogens is 1. The minimum absolute atomic E-state index is 0.264. The predicted molar refractivity (Wildman–Crippen MR) is 135 cm³/mol. The van der Waals surface area contributed by atoms with Crippen LogP contribution in [0.15, 0.2) is 76.9 Å². The van der Waals surface area contributed by atoms with Gasteiger partial charge in [0.15, 0.2) is 0 Å². The Labute approximate surface area is 196 Å². The van der Waals surface area contributed by atoms with Crippen LogP contribution in [0.25, 0.3) is 21.3 Å². The van der Waals surface area contributed by atoms with Gasteiger partial charge in [0.1, 0.15) is 23.1 Å². The van der Waals surface area contributed by atoms with E-state index < -0.39 is 0 Å². The average Bonchev–Trinajstić information content (AvgIpc) is 3.59. The van der Waals surface area contributed by atoms with Crippen molar-refractivity contribution in [1.29, 1.82) is 0 Å². The van der Waals surface area contributed by atoms with Crippen molar-refractivity contribution in [2.75, 3.05) is 6.61 Å². The van der Waals surface area contributed by atoms with Crippen molar-refractivity contribution in [3.63, 3.8) is 0 Å². The second-order valence-corrected chi connectivity index (χ2v) is 10.3. The van der Waals surface area contributed by atoms with Crippen molar-refractivity contribution in [1.82, 2.24) is 4.98 Å². The van der Waals surface area contributed by atoms with Crippen LogP contribution in [0.1, 0.15) is 29.0 Å². The van der Waals surface area contributed by atoms with E-state index >= 15 is 0 Å². The zero-order valence-corrected chi connectivity index (χ0v) is 19.9. The molecule has 5 rings (SSSR count). The smallest absolute Gasteiger partial charge is 0.145 e. The molecule has 0 bridgehead atoms. The van der Waals surface area contributed by atoms with Gasteiger partial charge in [0.25, 0.3) is 0 Å². The molecule has 0 unspecified atom stereocenters. The van der Waals surface area contributed by atoms with E-state index in [-0.39, 0.29) is 6.61 Å². The molecule has 162 valence electrons. The van der Waals surface area contributed by atoms with E-state index in [2.05, 4.69) is 68.4 Å². The fourth-order valence-corrected chi connectivity index (χ4v) is 5.83. The summed E-state index contributed by atoms with van der Waals surface area (Å²) in [5.41, 5.74) is 4.49. The number of aryl methyl sites for hydroxylation is 2. The van der Waals surface area contributed by atoms with Gasteiger partial charge in [-0.2, -0.15) is 0 Å². The summed E-state index contributed by atoms with van der Waals surface area (Å²) in [6.45, 7) is 4.41. The first-order valence-corrected chi connectivity index (χ1v) is 12.6. The van der Waals surface area contributed by atoms with Crippen molar-refractivity contribution in [2.45, 2.75) is 37.3 Å². The van der Waals surface area contributed by atoms with Crippen LogP contribution in [0.3, 0.4) is 0 Å². The van der Waals surface area contributed by atoms with Gasteiger partial charge in [-0.15, -0.1) is 23.1 Å². The van der Waals surface area contributed by atoms with Crippen molar-refractivity contribution in [3.8, 4) is 16.3 Å². The number of thiazole rings is 1. The van der Waals surface area contributed by atoms with Gasteiger partial charge in [-0.25, -0.2) is 4.98 Å². The van der Waals surface area contributed by atoms with E-state index in [4.69, 9.17) is 9.72 Å². The van der Waals surface area contributed by atoms with E-state index in [0.29, 0.717) is 5.76 Å². The maximum absolute atomic E-state index is 9.91. The monoisotopic (exact) mass is 459 g/mol. The number of thioether (sulfide) groups is 1. The molecule has 0 atom stereocenters. The Morgan fingerprint density at radius 3 is 2.62 bits per heavy atom. The van der Waals surface area contributed by atoms with Crippen LogP contribution in [0.2, 0.25) is 0 Å². The summed E-state index contributed by atoms with van der Waals surface area (Å²) in [5.74, 6) is 2.12. The molecule has 1 heterocycles. The number of benzene rings is 3. The van der Waals surface area contributed by atoms with Gasteiger partial charge in [0, 0.05) is 21.1 Å². The highest BCUT2D eigenvalue weighted by Gasteiger charge is 2.17. The SMILES string of the molecule is Cc1cc(SCc2sc(-c3ccc4ccccc4c3)nc2C)ccc1OCC(O)=C1CC1. The molecule has 1 aromatic heterocycles. The lowest BCUT2D eigenvalue weighted by molar-refractivity contribution is 0.267. The first kappa shape index (κ1) is 21.1. The van der Waals surface area contributed by atoms with E-state index in [9.17, 15) is 5.11 Å². The average molecular weight is 460 g/mol. The number of hydrogen-bond acceptors (Lipinski definition) is 5. The molecule has 0 spiro atoms. The van der Waals surface area contributed by atoms with Crippen molar-refractivity contribution >= 4 is 33.9 Å². The number of nitrogens with zero attached hydrogens (tertiary/aromatic N) is 1. The Bertz CT molecular complexity index is 1320. The lowest BCUT2D eigenvalue weighted by atomic mass is 10.1. The van der Waals surface area contributed by atoms with Gasteiger partial charge < -0.3 is 9.84 Å². The third kappa shape index (κ3) is 4.69. The normalized spacial score (nSPS) is 12.9. The second kappa shape index (κ2) is 9.00. The minimum atomic E-state index is 0.264. The molecule has 1 saturated carbocycles. The highest BCUT2D eigenvalue weighted by molar-refractivity contribution is 7.98. The highest BCUT2D eigenvalue weighted by atomic mass is 32.2. The van der Waals surface area contributed by atoms with E-state index in [0.717, 1.165) is 46.2 Å². The molecule has 3 nitrogen and oxygen atoms in total. The first-order chi connectivity index (χ1) is 15.6. The van der Waals surface area contributed by atoms with Crippen molar-refractivity contribution < 1.29 is 9.84 Å². The lowest BCUT2D eigenvalue weighted by Crippen LogP contribution is -2.02. The zero-order valence-electron chi connectivity index (χ0n) is 18.2. The van der Waals surface area contributed by atoms with Crippen LogP contribution in [0.4, 0.5) is 0 Å². The Morgan fingerprint density at radius 2 is 1.84 bits per heavy atom. The molecule has 5 heteroatoms.